The summed E-state index contributed by atoms with van der Waals surface area (Å²) < 4.78 is 0. The maximum atomic E-state index is 13.4. The number of para-hydroxylation sites is 1. The lowest BCUT2D eigenvalue weighted by Crippen LogP contribution is -2.33. The minimum Gasteiger partial charge on any atom is -0.338 e. The van der Waals surface area contributed by atoms with Gasteiger partial charge >= 0.3 is 0 Å². The molecule has 27 heavy (non-hydrogen) atoms. The van der Waals surface area contributed by atoms with Crippen molar-refractivity contribution in [3.05, 3.63) is 60.4 Å². The zero-order valence-corrected chi connectivity index (χ0v) is 15.1. The first-order chi connectivity index (χ1) is 13.2. The Balaban J connectivity index is 1.57. The molecule has 3 aromatic rings. The van der Waals surface area contributed by atoms with Crippen LogP contribution in [0.3, 0.4) is 0 Å². The van der Waals surface area contributed by atoms with Crippen molar-refractivity contribution >= 4 is 16.8 Å². The fraction of sp³-hybridized carbons (Fsp3) is 0.318. The standard InChI is InChI=1S/C22H22N4O/c23-19-6-5-15-12-26(13-18(15)19)22(27)17-11-21(14-7-9-24-10-8-14)25-20-4-2-1-3-16(17)20/h1-4,7-11,15,18-19H,5-6,12-13,23H2. The predicted octanol–water partition coefficient (Wildman–Crippen LogP) is 3.11. The fourth-order valence-corrected chi connectivity index (χ4v) is 4.67. The number of hydrogen-bond donors (Lipinski definition) is 1. The molecule has 2 N–H and O–H groups in total. The molecule has 1 saturated heterocycles. The molecular weight excluding hydrogens is 336 g/mol. The van der Waals surface area contributed by atoms with E-state index >= 15 is 0 Å². The van der Waals surface area contributed by atoms with Gasteiger partial charge in [-0.1, -0.05) is 18.2 Å². The van der Waals surface area contributed by atoms with Crippen LogP contribution < -0.4 is 5.73 Å². The number of hydrogen-bond acceptors (Lipinski definition) is 4. The van der Waals surface area contributed by atoms with E-state index in [1.54, 1.807) is 12.4 Å². The first-order valence-corrected chi connectivity index (χ1v) is 9.56. The van der Waals surface area contributed by atoms with E-state index in [9.17, 15) is 4.79 Å². The molecule has 1 aliphatic heterocycles. The molecule has 136 valence electrons. The minimum absolute atomic E-state index is 0.0884. The van der Waals surface area contributed by atoms with Crippen molar-refractivity contribution in [1.82, 2.24) is 14.9 Å². The third kappa shape index (κ3) is 2.79. The van der Waals surface area contributed by atoms with Crippen LogP contribution in [-0.2, 0) is 0 Å². The van der Waals surface area contributed by atoms with Gasteiger partial charge in [0.2, 0.25) is 0 Å². The number of benzene rings is 1. The summed E-state index contributed by atoms with van der Waals surface area (Å²) in [6.07, 6.45) is 5.71. The highest BCUT2D eigenvalue weighted by atomic mass is 16.2. The highest BCUT2D eigenvalue weighted by Gasteiger charge is 2.42. The van der Waals surface area contributed by atoms with E-state index in [1.165, 1.54) is 0 Å². The van der Waals surface area contributed by atoms with Gasteiger partial charge in [0.15, 0.2) is 0 Å². The number of rotatable bonds is 2. The van der Waals surface area contributed by atoms with E-state index in [2.05, 4.69) is 4.98 Å². The fourth-order valence-electron chi connectivity index (χ4n) is 4.67. The molecule has 1 saturated carbocycles. The van der Waals surface area contributed by atoms with Gasteiger partial charge in [0, 0.05) is 42.5 Å². The summed E-state index contributed by atoms with van der Waals surface area (Å²) in [5.74, 6) is 1.09. The molecule has 1 aliphatic carbocycles. The summed E-state index contributed by atoms with van der Waals surface area (Å²) in [6, 6.07) is 13.9. The van der Waals surface area contributed by atoms with Gasteiger partial charge in [-0.15, -0.1) is 0 Å². The van der Waals surface area contributed by atoms with Crippen LogP contribution in [0.1, 0.15) is 23.2 Å². The zero-order valence-electron chi connectivity index (χ0n) is 15.1. The predicted molar refractivity (Wildman–Crippen MR) is 105 cm³/mol. The maximum absolute atomic E-state index is 13.4. The lowest BCUT2D eigenvalue weighted by atomic mass is 9.98. The Bertz CT molecular complexity index is 1000. The van der Waals surface area contributed by atoms with Crippen LogP contribution in [-0.4, -0.2) is 39.9 Å². The summed E-state index contributed by atoms with van der Waals surface area (Å²) in [7, 11) is 0. The molecule has 2 fully saturated rings. The van der Waals surface area contributed by atoms with Gasteiger partial charge in [0.05, 0.1) is 16.8 Å². The largest absolute Gasteiger partial charge is 0.338 e. The topological polar surface area (TPSA) is 72.1 Å². The van der Waals surface area contributed by atoms with E-state index < -0.39 is 0 Å². The molecule has 5 nitrogen and oxygen atoms in total. The van der Waals surface area contributed by atoms with Gasteiger partial charge < -0.3 is 10.6 Å². The monoisotopic (exact) mass is 358 g/mol. The number of pyridine rings is 2. The van der Waals surface area contributed by atoms with Crippen LogP contribution in [0.25, 0.3) is 22.2 Å². The summed E-state index contributed by atoms with van der Waals surface area (Å²) >= 11 is 0. The molecular formula is C22H22N4O. The third-order valence-electron chi connectivity index (χ3n) is 6.12. The number of amides is 1. The first kappa shape index (κ1) is 16.4. The van der Waals surface area contributed by atoms with Crippen LogP contribution >= 0.6 is 0 Å². The van der Waals surface area contributed by atoms with Gasteiger partial charge in [-0.05, 0) is 48.9 Å². The molecule has 1 amide bonds. The smallest absolute Gasteiger partial charge is 0.254 e. The van der Waals surface area contributed by atoms with E-state index in [-0.39, 0.29) is 11.9 Å². The Morgan fingerprint density at radius 1 is 1.07 bits per heavy atom. The summed E-state index contributed by atoms with van der Waals surface area (Å²) in [4.78, 5) is 24.3. The highest BCUT2D eigenvalue weighted by molar-refractivity contribution is 6.07. The molecule has 2 aromatic heterocycles. The van der Waals surface area contributed by atoms with Crippen LogP contribution in [0, 0.1) is 11.8 Å². The van der Waals surface area contributed by atoms with Crippen LogP contribution in [0.2, 0.25) is 0 Å². The SMILES string of the molecule is NC1CCC2CN(C(=O)c3cc(-c4ccncc4)nc4ccccc34)CC12. The third-order valence-corrected chi connectivity index (χ3v) is 6.12. The number of likely N-dealkylation sites (tertiary alicyclic amines) is 1. The van der Waals surface area contributed by atoms with Crippen LogP contribution in [0.4, 0.5) is 0 Å². The minimum atomic E-state index is 0.0884. The van der Waals surface area contributed by atoms with Crippen molar-refractivity contribution in [1.29, 1.82) is 0 Å². The van der Waals surface area contributed by atoms with Gasteiger partial charge in [-0.25, -0.2) is 4.98 Å². The summed E-state index contributed by atoms with van der Waals surface area (Å²) in [5.41, 5.74) is 9.58. The van der Waals surface area contributed by atoms with Crippen molar-refractivity contribution in [2.24, 2.45) is 17.6 Å². The Kier molecular flexibility index (Phi) is 3.90. The number of fused-ring (bicyclic) bond motifs is 2. The molecule has 1 aromatic carbocycles. The molecule has 0 radical (unpaired) electrons. The van der Waals surface area contributed by atoms with Gasteiger partial charge in [0.25, 0.3) is 5.91 Å². The van der Waals surface area contributed by atoms with E-state index in [1.807, 2.05) is 47.4 Å². The molecule has 5 heteroatoms. The second-order valence-corrected chi connectivity index (χ2v) is 7.68. The molecule has 2 aliphatic rings. The Labute approximate surface area is 158 Å². The second-order valence-electron chi connectivity index (χ2n) is 7.68. The lowest BCUT2D eigenvalue weighted by Gasteiger charge is -2.20. The Morgan fingerprint density at radius 2 is 1.89 bits per heavy atom. The molecule has 3 atom stereocenters. The summed E-state index contributed by atoms with van der Waals surface area (Å²) in [6.45, 7) is 1.59. The lowest BCUT2D eigenvalue weighted by molar-refractivity contribution is 0.0781. The van der Waals surface area contributed by atoms with Crippen LogP contribution in [0.15, 0.2) is 54.9 Å². The number of aromatic nitrogens is 2. The quantitative estimate of drug-likeness (QED) is 0.764. The number of nitrogens with zero attached hydrogens (tertiary/aromatic N) is 3. The van der Waals surface area contributed by atoms with Crippen molar-refractivity contribution in [3.8, 4) is 11.3 Å². The first-order valence-electron chi connectivity index (χ1n) is 9.56. The van der Waals surface area contributed by atoms with E-state index in [0.717, 1.165) is 53.7 Å². The zero-order chi connectivity index (χ0) is 18.4. The van der Waals surface area contributed by atoms with Crippen molar-refractivity contribution in [3.63, 3.8) is 0 Å². The molecule has 0 bridgehead atoms. The van der Waals surface area contributed by atoms with E-state index in [0.29, 0.717) is 11.8 Å². The van der Waals surface area contributed by atoms with Crippen molar-refractivity contribution < 1.29 is 4.79 Å². The van der Waals surface area contributed by atoms with Gasteiger partial charge in [-0.2, -0.15) is 0 Å². The Morgan fingerprint density at radius 3 is 2.70 bits per heavy atom. The number of carbonyl (C=O) groups excluding carboxylic acids is 1. The normalized spacial score (nSPS) is 24.3. The van der Waals surface area contributed by atoms with Gasteiger partial charge in [-0.3, -0.25) is 9.78 Å². The average Bonchev–Trinajstić information content (AvgIpc) is 3.29. The number of carbonyl (C=O) groups is 1. The molecule has 3 unspecified atom stereocenters. The van der Waals surface area contributed by atoms with Crippen molar-refractivity contribution in [2.75, 3.05) is 13.1 Å². The van der Waals surface area contributed by atoms with Gasteiger partial charge in [0.1, 0.15) is 0 Å². The van der Waals surface area contributed by atoms with Crippen molar-refractivity contribution in [2.45, 2.75) is 18.9 Å². The van der Waals surface area contributed by atoms with Crippen LogP contribution in [0.5, 0.6) is 0 Å². The average molecular weight is 358 g/mol. The van der Waals surface area contributed by atoms with E-state index in [4.69, 9.17) is 10.7 Å². The Hall–Kier alpha value is -2.79. The number of nitrogens with two attached hydrogens (primary N) is 1. The molecule has 5 rings (SSSR count). The maximum Gasteiger partial charge on any atom is 0.254 e. The summed E-state index contributed by atoms with van der Waals surface area (Å²) in [5, 5.41) is 0.904. The molecule has 0 spiro atoms. The highest BCUT2D eigenvalue weighted by Crippen LogP contribution is 2.38. The molecule has 3 heterocycles. The second kappa shape index (κ2) is 6.43.